The van der Waals surface area contributed by atoms with Gasteiger partial charge < -0.3 is 15.1 Å². The number of amides is 2. The van der Waals surface area contributed by atoms with Gasteiger partial charge in [-0.05, 0) is 26.7 Å². The van der Waals surface area contributed by atoms with Gasteiger partial charge in [-0.15, -0.1) is 0 Å². The highest BCUT2D eigenvalue weighted by Gasteiger charge is 2.32. The van der Waals surface area contributed by atoms with Gasteiger partial charge in [-0.2, -0.15) is 13.9 Å². The molecule has 1 aromatic heterocycles. The molecule has 0 spiro atoms. The number of hydrogen-bond acceptors (Lipinski definition) is 4. The second kappa shape index (κ2) is 7.69. The number of nitrogens with zero attached hydrogens (tertiary/aromatic N) is 4. The van der Waals surface area contributed by atoms with Crippen LogP contribution in [0.15, 0.2) is 0 Å². The molecular formula is C17H25F2N5O2. The van der Waals surface area contributed by atoms with Crippen LogP contribution in [0.4, 0.5) is 8.78 Å². The minimum Gasteiger partial charge on any atom is -0.340 e. The number of likely N-dealkylation sites (tertiary alicyclic amines) is 1. The Kier molecular flexibility index (Phi) is 5.55. The van der Waals surface area contributed by atoms with Gasteiger partial charge in [0.2, 0.25) is 11.8 Å². The van der Waals surface area contributed by atoms with E-state index in [1.54, 1.807) is 18.7 Å². The average Bonchev–Trinajstić information content (AvgIpc) is 2.90. The van der Waals surface area contributed by atoms with Gasteiger partial charge in [-0.1, -0.05) is 0 Å². The third-order valence-electron chi connectivity index (χ3n) is 5.30. The molecule has 3 rings (SSSR count). The Balaban J connectivity index is 1.67. The first-order valence-corrected chi connectivity index (χ1v) is 8.99. The summed E-state index contributed by atoms with van der Waals surface area (Å²) in [5.41, 5.74) is 1.36. The number of carbonyl (C=O) groups is 2. The summed E-state index contributed by atoms with van der Waals surface area (Å²) in [5, 5.41) is 6.89. The minimum absolute atomic E-state index is 0.0354. The van der Waals surface area contributed by atoms with Crippen molar-refractivity contribution in [2.75, 3.05) is 32.7 Å². The molecule has 2 saturated heterocycles. The Hall–Kier alpha value is -2.03. The van der Waals surface area contributed by atoms with Crippen molar-refractivity contribution in [3.63, 3.8) is 0 Å². The monoisotopic (exact) mass is 369 g/mol. The molecule has 1 aromatic rings. The number of piperazine rings is 1. The van der Waals surface area contributed by atoms with E-state index in [1.807, 2.05) is 4.90 Å². The lowest BCUT2D eigenvalue weighted by Gasteiger charge is -2.41. The maximum absolute atomic E-state index is 13.0. The van der Waals surface area contributed by atoms with Crippen LogP contribution in [0, 0.1) is 13.8 Å². The normalized spacial score (nSPS) is 21.6. The van der Waals surface area contributed by atoms with Crippen LogP contribution in [0.5, 0.6) is 0 Å². The van der Waals surface area contributed by atoms with Gasteiger partial charge in [0.25, 0.3) is 0 Å². The van der Waals surface area contributed by atoms with Gasteiger partial charge in [0.1, 0.15) is 0 Å². The van der Waals surface area contributed by atoms with E-state index < -0.39 is 6.55 Å². The number of aryl methyl sites for hydroxylation is 1. The van der Waals surface area contributed by atoms with Crippen molar-refractivity contribution in [2.45, 2.75) is 45.7 Å². The predicted molar refractivity (Wildman–Crippen MR) is 90.8 cm³/mol. The predicted octanol–water partition coefficient (Wildman–Crippen LogP) is 0.860. The second-order valence-corrected chi connectivity index (χ2v) is 6.95. The van der Waals surface area contributed by atoms with Crippen molar-refractivity contribution in [1.82, 2.24) is 24.9 Å². The highest BCUT2D eigenvalue weighted by Crippen LogP contribution is 2.22. The summed E-state index contributed by atoms with van der Waals surface area (Å²) < 4.78 is 26.6. The maximum Gasteiger partial charge on any atom is 0.333 e. The number of halogens is 2. The lowest BCUT2D eigenvalue weighted by Crippen LogP contribution is -2.57. The number of hydrogen-bond donors (Lipinski definition) is 1. The van der Waals surface area contributed by atoms with Crippen molar-refractivity contribution in [1.29, 1.82) is 0 Å². The van der Waals surface area contributed by atoms with E-state index in [0.717, 1.165) is 19.4 Å². The zero-order valence-electron chi connectivity index (χ0n) is 15.2. The van der Waals surface area contributed by atoms with Crippen LogP contribution in [0.1, 0.15) is 36.3 Å². The molecule has 1 unspecified atom stereocenters. The van der Waals surface area contributed by atoms with E-state index in [1.165, 1.54) is 0 Å². The van der Waals surface area contributed by atoms with Gasteiger partial charge in [0.15, 0.2) is 0 Å². The maximum atomic E-state index is 13.0. The summed E-state index contributed by atoms with van der Waals surface area (Å²) >= 11 is 0. The Morgan fingerprint density at radius 3 is 2.77 bits per heavy atom. The van der Waals surface area contributed by atoms with E-state index in [-0.39, 0.29) is 24.3 Å². The standard InChI is InChI=1S/C17H25F2N5O2/c1-11-14(12(2)24(21-11)17(18)19)8-15(25)22-6-3-4-13(10-22)23-7-5-20-9-16(23)26/h13,17,20H,3-10H2,1-2H3. The highest BCUT2D eigenvalue weighted by molar-refractivity contribution is 5.81. The third-order valence-corrected chi connectivity index (χ3v) is 5.30. The molecule has 0 aliphatic carbocycles. The number of aromatic nitrogens is 2. The van der Waals surface area contributed by atoms with Crippen molar-refractivity contribution in [3.05, 3.63) is 17.0 Å². The first kappa shape index (κ1) is 18.8. The molecule has 2 aliphatic heterocycles. The zero-order chi connectivity index (χ0) is 18.8. The Morgan fingerprint density at radius 2 is 2.12 bits per heavy atom. The molecule has 0 aromatic carbocycles. The van der Waals surface area contributed by atoms with E-state index in [2.05, 4.69) is 10.4 Å². The fourth-order valence-corrected chi connectivity index (χ4v) is 3.85. The van der Waals surface area contributed by atoms with Crippen LogP contribution in [0.3, 0.4) is 0 Å². The molecule has 1 atom stereocenters. The Morgan fingerprint density at radius 1 is 1.35 bits per heavy atom. The van der Waals surface area contributed by atoms with Crippen molar-refractivity contribution < 1.29 is 18.4 Å². The molecule has 144 valence electrons. The first-order chi connectivity index (χ1) is 12.4. The average molecular weight is 369 g/mol. The zero-order valence-corrected chi connectivity index (χ0v) is 15.2. The van der Waals surface area contributed by atoms with Crippen LogP contribution in [0.25, 0.3) is 0 Å². The lowest BCUT2D eigenvalue weighted by molar-refractivity contribution is -0.140. The van der Waals surface area contributed by atoms with Crippen molar-refractivity contribution >= 4 is 11.8 Å². The minimum atomic E-state index is -2.71. The third kappa shape index (κ3) is 3.72. The fourth-order valence-electron chi connectivity index (χ4n) is 3.85. The van der Waals surface area contributed by atoms with Crippen LogP contribution in [0.2, 0.25) is 0 Å². The molecular weight excluding hydrogens is 344 g/mol. The Bertz CT molecular complexity index is 691. The molecule has 7 nitrogen and oxygen atoms in total. The first-order valence-electron chi connectivity index (χ1n) is 8.99. The van der Waals surface area contributed by atoms with Crippen molar-refractivity contribution in [3.8, 4) is 0 Å². The molecule has 1 N–H and O–H groups in total. The number of alkyl halides is 2. The molecule has 3 heterocycles. The number of rotatable bonds is 4. The quantitative estimate of drug-likeness (QED) is 0.855. The van der Waals surface area contributed by atoms with Crippen LogP contribution in [-0.2, 0) is 16.0 Å². The van der Waals surface area contributed by atoms with E-state index >= 15 is 0 Å². The van der Waals surface area contributed by atoms with E-state index in [0.29, 0.717) is 47.8 Å². The number of piperidine rings is 1. The van der Waals surface area contributed by atoms with Gasteiger partial charge in [-0.3, -0.25) is 9.59 Å². The number of nitrogens with one attached hydrogen (secondary N) is 1. The van der Waals surface area contributed by atoms with Crippen LogP contribution < -0.4 is 5.32 Å². The van der Waals surface area contributed by atoms with E-state index in [9.17, 15) is 18.4 Å². The van der Waals surface area contributed by atoms with Crippen molar-refractivity contribution in [2.24, 2.45) is 0 Å². The molecule has 2 fully saturated rings. The summed E-state index contributed by atoms with van der Waals surface area (Å²) in [6.45, 7) is 3.40. The summed E-state index contributed by atoms with van der Waals surface area (Å²) in [7, 11) is 0. The van der Waals surface area contributed by atoms with Gasteiger partial charge in [0.05, 0.1) is 18.7 Å². The molecule has 2 amide bonds. The summed E-state index contributed by atoms with van der Waals surface area (Å²) in [4.78, 5) is 28.5. The smallest absolute Gasteiger partial charge is 0.333 e. The summed E-state index contributed by atoms with van der Waals surface area (Å²) in [6, 6.07) is 0.0354. The topological polar surface area (TPSA) is 70.5 Å². The summed E-state index contributed by atoms with van der Waals surface area (Å²) in [6.07, 6.45) is 1.78. The van der Waals surface area contributed by atoms with Gasteiger partial charge in [0, 0.05) is 43.5 Å². The number of carbonyl (C=O) groups excluding carboxylic acids is 2. The van der Waals surface area contributed by atoms with Crippen LogP contribution in [-0.4, -0.2) is 70.2 Å². The lowest BCUT2D eigenvalue weighted by atomic mass is 10.0. The Labute approximate surface area is 151 Å². The largest absolute Gasteiger partial charge is 0.340 e. The fraction of sp³-hybridized carbons (Fsp3) is 0.706. The molecule has 0 radical (unpaired) electrons. The van der Waals surface area contributed by atoms with E-state index in [4.69, 9.17) is 0 Å². The molecule has 9 heteroatoms. The molecule has 26 heavy (non-hydrogen) atoms. The highest BCUT2D eigenvalue weighted by atomic mass is 19.3. The summed E-state index contributed by atoms with van der Waals surface area (Å²) in [5.74, 6) is -0.0299. The molecule has 0 saturated carbocycles. The SMILES string of the molecule is Cc1nn(C(F)F)c(C)c1CC(=O)N1CCCC(N2CCNCC2=O)C1. The molecule has 0 bridgehead atoms. The molecule has 2 aliphatic rings. The second-order valence-electron chi connectivity index (χ2n) is 6.95. The van der Waals surface area contributed by atoms with Gasteiger partial charge >= 0.3 is 6.55 Å². The van der Waals surface area contributed by atoms with Gasteiger partial charge in [-0.25, -0.2) is 4.68 Å². The van der Waals surface area contributed by atoms with Crippen LogP contribution >= 0.6 is 0 Å².